The van der Waals surface area contributed by atoms with Gasteiger partial charge in [-0.1, -0.05) is 18.5 Å². The third-order valence-electron chi connectivity index (χ3n) is 2.43. The minimum atomic E-state index is -1.21. The molecular weight excluding hydrogens is 274 g/mol. The van der Waals surface area contributed by atoms with E-state index in [1.165, 1.54) is 19.2 Å². The van der Waals surface area contributed by atoms with Gasteiger partial charge in [0.15, 0.2) is 11.5 Å². The molecule has 1 atom stereocenters. The van der Waals surface area contributed by atoms with Gasteiger partial charge in [0.1, 0.15) is 5.56 Å². The molecule has 0 heterocycles. The second kappa shape index (κ2) is 6.29. The number of carbonyl (C=O) groups is 2. The molecule has 0 aliphatic rings. The van der Waals surface area contributed by atoms with E-state index < -0.39 is 17.8 Å². The molecule has 1 rings (SSSR count). The summed E-state index contributed by atoms with van der Waals surface area (Å²) in [6, 6.07) is 2.68. The van der Waals surface area contributed by atoms with Gasteiger partial charge in [-0.15, -0.1) is 0 Å². The second-order valence-corrected chi connectivity index (χ2v) is 4.34. The number of hydrogen-bond acceptors (Lipinski definition) is 4. The van der Waals surface area contributed by atoms with Gasteiger partial charge in [-0.3, -0.25) is 4.79 Å². The first-order valence-corrected chi connectivity index (χ1v) is 5.77. The predicted molar refractivity (Wildman–Crippen MR) is 68.8 cm³/mol. The van der Waals surface area contributed by atoms with Crippen molar-refractivity contribution in [2.45, 2.75) is 6.92 Å². The fourth-order valence-electron chi connectivity index (χ4n) is 1.32. The summed E-state index contributed by atoms with van der Waals surface area (Å²) in [5.41, 5.74) is 4.97. The number of carboxylic acid groups (broad SMARTS) is 1. The van der Waals surface area contributed by atoms with Gasteiger partial charge in [-0.2, -0.15) is 0 Å². The van der Waals surface area contributed by atoms with E-state index in [1.807, 2.05) is 0 Å². The van der Waals surface area contributed by atoms with Crippen molar-refractivity contribution in [3.63, 3.8) is 0 Å². The van der Waals surface area contributed by atoms with E-state index in [0.717, 1.165) is 0 Å². The van der Waals surface area contributed by atoms with Crippen LogP contribution in [0.4, 0.5) is 0 Å². The van der Waals surface area contributed by atoms with Gasteiger partial charge in [-0.25, -0.2) is 4.79 Å². The van der Waals surface area contributed by atoms with Crippen LogP contribution < -0.4 is 15.2 Å². The normalized spacial score (nSPS) is 11.7. The molecule has 1 amide bonds. The van der Waals surface area contributed by atoms with E-state index in [-0.39, 0.29) is 28.7 Å². The zero-order valence-electron chi connectivity index (χ0n) is 10.5. The van der Waals surface area contributed by atoms with Crippen molar-refractivity contribution in [3.05, 3.63) is 22.7 Å². The molecule has 0 aliphatic heterocycles. The highest BCUT2D eigenvalue weighted by Crippen LogP contribution is 2.35. The Morgan fingerprint density at radius 1 is 1.47 bits per heavy atom. The summed E-state index contributed by atoms with van der Waals surface area (Å²) in [7, 11) is 1.36. The van der Waals surface area contributed by atoms with Crippen molar-refractivity contribution < 1.29 is 24.2 Å². The minimum absolute atomic E-state index is 0.0208. The lowest BCUT2D eigenvalue weighted by Crippen LogP contribution is -2.26. The first-order valence-electron chi connectivity index (χ1n) is 5.39. The highest BCUT2D eigenvalue weighted by atomic mass is 35.5. The molecule has 0 aliphatic carbocycles. The molecule has 0 aromatic heterocycles. The van der Waals surface area contributed by atoms with E-state index >= 15 is 0 Å². The fraction of sp³-hybridized carbons (Fsp3) is 0.333. The van der Waals surface area contributed by atoms with Gasteiger partial charge in [0.05, 0.1) is 19.6 Å². The van der Waals surface area contributed by atoms with Crippen molar-refractivity contribution in [2.75, 3.05) is 13.7 Å². The maximum Gasteiger partial charge on any atom is 0.339 e. The number of rotatable bonds is 6. The highest BCUT2D eigenvalue weighted by Gasteiger charge is 2.20. The fourth-order valence-corrected chi connectivity index (χ4v) is 1.53. The summed E-state index contributed by atoms with van der Waals surface area (Å²) >= 11 is 5.78. The summed E-state index contributed by atoms with van der Waals surface area (Å²) in [5, 5.41) is 9.31. The number of hydrogen-bond donors (Lipinski definition) is 2. The van der Waals surface area contributed by atoms with Crippen molar-refractivity contribution in [3.8, 4) is 11.5 Å². The number of methoxy groups -OCH3 is 1. The molecule has 1 aromatic rings. The molecule has 1 aromatic carbocycles. The van der Waals surface area contributed by atoms with Crippen LogP contribution in [0.25, 0.3) is 0 Å². The van der Waals surface area contributed by atoms with Crippen LogP contribution >= 0.6 is 11.6 Å². The summed E-state index contributed by atoms with van der Waals surface area (Å²) < 4.78 is 10.4. The number of primary amides is 1. The molecule has 0 spiro atoms. The van der Waals surface area contributed by atoms with Crippen LogP contribution in [0.1, 0.15) is 17.3 Å². The van der Waals surface area contributed by atoms with Crippen LogP contribution in [0.15, 0.2) is 12.1 Å². The van der Waals surface area contributed by atoms with Gasteiger partial charge >= 0.3 is 5.97 Å². The summed E-state index contributed by atoms with van der Waals surface area (Å²) in [4.78, 5) is 22.1. The number of halogens is 1. The number of aromatic carboxylic acids is 1. The van der Waals surface area contributed by atoms with Crippen LogP contribution in [0.5, 0.6) is 11.5 Å². The average Bonchev–Trinajstić information content (AvgIpc) is 2.35. The Morgan fingerprint density at radius 3 is 2.58 bits per heavy atom. The Kier molecular flexibility index (Phi) is 5.00. The van der Waals surface area contributed by atoms with Crippen LogP contribution in [-0.2, 0) is 4.79 Å². The predicted octanol–water partition coefficient (Wildman–Crippen LogP) is 1.55. The Bertz CT molecular complexity index is 503. The minimum Gasteiger partial charge on any atom is -0.493 e. The lowest BCUT2D eigenvalue weighted by molar-refractivity contribution is -0.122. The molecule has 104 valence electrons. The Balaban J connectivity index is 3.09. The van der Waals surface area contributed by atoms with Gasteiger partial charge in [-0.05, 0) is 6.07 Å². The van der Waals surface area contributed by atoms with E-state index in [2.05, 4.69) is 0 Å². The molecule has 19 heavy (non-hydrogen) atoms. The van der Waals surface area contributed by atoms with Crippen LogP contribution in [0.3, 0.4) is 0 Å². The zero-order chi connectivity index (χ0) is 14.6. The molecule has 0 bridgehead atoms. The Labute approximate surface area is 115 Å². The molecule has 0 radical (unpaired) electrons. The lowest BCUT2D eigenvalue weighted by Gasteiger charge is -2.15. The number of nitrogens with two attached hydrogens (primary N) is 1. The number of amides is 1. The molecule has 0 saturated heterocycles. The largest absolute Gasteiger partial charge is 0.493 e. The average molecular weight is 288 g/mol. The second-order valence-electron chi connectivity index (χ2n) is 3.90. The van der Waals surface area contributed by atoms with Crippen molar-refractivity contribution >= 4 is 23.5 Å². The van der Waals surface area contributed by atoms with Crippen molar-refractivity contribution in [1.29, 1.82) is 0 Å². The maximum absolute atomic E-state index is 11.1. The van der Waals surface area contributed by atoms with E-state index in [1.54, 1.807) is 6.92 Å². The Morgan fingerprint density at radius 2 is 2.11 bits per heavy atom. The summed E-state index contributed by atoms with van der Waals surface area (Å²) in [6.45, 7) is 1.53. The molecule has 0 fully saturated rings. The SMILES string of the molecule is COc1cc(Cl)cc(C(=O)O)c1OCC(C)C(N)=O. The monoisotopic (exact) mass is 287 g/mol. The van der Waals surface area contributed by atoms with Crippen molar-refractivity contribution in [1.82, 2.24) is 0 Å². The van der Waals surface area contributed by atoms with Crippen LogP contribution in [-0.4, -0.2) is 30.7 Å². The Hall–Kier alpha value is -1.95. The van der Waals surface area contributed by atoms with Gasteiger partial charge in [0, 0.05) is 11.1 Å². The van der Waals surface area contributed by atoms with E-state index in [9.17, 15) is 9.59 Å². The number of benzene rings is 1. The van der Waals surface area contributed by atoms with Crippen LogP contribution in [0.2, 0.25) is 5.02 Å². The maximum atomic E-state index is 11.1. The highest BCUT2D eigenvalue weighted by molar-refractivity contribution is 6.31. The topological polar surface area (TPSA) is 98.8 Å². The standard InChI is InChI=1S/C12H14ClNO5/c1-6(11(14)15)5-19-10-8(12(16)17)3-7(13)4-9(10)18-2/h3-4,6H,5H2,1-2H3,(H2,14,15)(H,16,17). The molecule has 6 nitrogen and oxygen atoms in total. The third-order valence-corrected chi connectivity index (χ3v) is 2.65. The van der Waals surface area contributed by atoms with Gasteiger partial charge < -0.3 is 20.3 Å². The molecule has 7 heteroatoms. The van der Waals surface area contributed by atoms with Gasteiger partial charge in [0.25, 0.3) is 0 Å². The smallest absolute Gasteiger partial charge is 0.339 e. The van der Waals surface area contributed by atoms with Gasteiger partial charge in [0.2, 0.25) is 5.91 Å². The lowest BCUT2D eigenvalue weighted by atomic mass is 10.1. The molecular formula is C12H14ClNO5. The summed E-state index contributed by atoms with van der Waals surface area (Å²) in [6.07, 6.45) is 0. The zero-order valence-corrected chi connectivity index (χ0v) is 11.2. The van der Waals surface area contributed by atoms with Crippen molar-refractivity contribution in [2.24, 2.45) is 11.7 Å². The molecule has 1 unspecified atom stereocenters. The first kappa shape index (κ1) is 15.1. The number of ether oxygens (including phenoxy) is 2. The summed E-state index contributed by atoms with van der Waals surface area (Å²) in [5.74, 6) is -2.09. The molecule has 0 saturated carbocycles. The van der Waals surface area contributed by atoms with Crippen LogP contribution in [0, 0.1) is 5.92 Å². The number of carboxylic acids is 1. The number of carbonyl (C=O) groups excluding carboxylic acids is 1. The van der Waals surface area contributed by atoms with E-state index in [0.29, 0.717) is 0 Å². The van der Waals surface area contributed by atoms with E-state index in [4.69, 9.17) is 31.9 Å². The molecule has 3 N–H and O–H groups in total. The third kappa shape index (κ3) is 3.75. The quantitative estimate of drug-likeness (QED) is 0.827. The first-order chi connectivity index (χ1) is 8.86.